The Hall–Kier alpha value is -6.57. The van der Waals surface area contributed by atoms with E-state index < -0.39 is 138 Å². The number of hydrogen-bond donors (Lipinski definition) is 15. The van der Waals surface area contributed by atoms with Gasteiger partial charge >= 0.3 is 5.97 Å². The topological polar surface area (TPSA) is 388 Å². The molecule has 2 saturated heterocycles. The molecule has 1 aromatic heterocycles. The van der Waals surface area contributed by atoms with E-state index in [1.165, 1.54) is 61.0 Å². The van der Waals surface area contributed by atoms with E-state index in [9.17, 15) is 68.1 Å². The average molecular weight is 1320 g/mol. The van der Waals surface area contributed by atoms with Crippen LogP contribution in [-0.2, 0) is 65.6 Å². The molecule has 30 heteroatoms. The average Bonchev–Trinajstić information content (AvgIpc) is 4.00. The summed E-state index contributed by atoms with van der Waals surface area (Å²) in [5, 5.41) is 58.8. The SMILES string of the molecule is CSCC[C@H](NC(=O)[C@@H](NC(=O)[C@@H]1CCCN1C(=O)[C@H](CS)NC(=O)[C@H](CCSC)NC(=O)[C@H](Cc1ccccc1)NC(=O)[C@@H](NC(=O)[C@H](Cc1c[nH]c2ccccc12)NC(=O)[C@H](C)NC(=O)[C@H](CCSC)NC(=O)[C@@H]1CCCN1)[C@@H](C)O)[C@@H](C)O)C(=O)O. The van der Waals surface area contributed by atoms with E-state index in [1.54, 1.807) is 55.1 Å². The van der Waals surface area contributed by atoms with Gasteiger partial charge in [-0.2, -0.15) is 47.9 Å². The minimum atomic E-state index is -1.74. The van der Waals surface area contributed by atoms with Crippen LogP contribution in [0.5, 0.6) is 0 Å². The van der Waals surface area contributed by atoms with Crippen molar-refractivity contribution in [3.63, 3.8) is 0 Å². The predicted molar refractivity (Wildman–Crippen MR) is 345 cm³/mol. The molecule has 2 fully saturated rings. The number of carboxylic acid groups (broad SMARTS) is 1. The van der Waals surface area contributed by atoms with Crippen molar-refractivity contribution in [2.45, 2.75) is 157 Å². The molecule has 89 heavy (non-hydrogen) atoms. The summed E-state index contributed by atoms with van der Waals surface area (Å²) in [6.45, 7) is 4.65. The molecule has 13 atom stereocenters. The van der Waals surface area contributed by atoms with Crippen molar-refractivity contribution in [1.29, 1.82) is 0 Å². The number of rotatable bonds is 36. The Morgan fingerprint density at radius 1 is 0.573 bits per heavy atom. The van der Waals surface area contributed by atoms with Crippen LogP contribution in [0, 0.1) is 0 Å². The van der Waals surface area contributed by atoms with E-state index in [0.29, 0.717) is 47.8 Å². The Morgan fingerprint density at radius 3 is 1.69 bits per heavy atom. The number of H-pyrrole nitrogens is 1. The molecule has 0 radical (unpaired) electrons. The number of carbonyl (C=O) groups excluding carboxylic acids is 10. The molecule has 3 heterocycles. The molecule has 0 unspecified atom stereocenters. The van der Waals surface area contributed by atoms with Crippen molar-refractivity contribution in [2.75, 3.05) is 54.9 Å². The number of likely N-dealkylation sites (tertiary alicyclic amines) is 1. The van der Waals surface area contributed by atoms with Crippen LogP contribution in [0.1, 0.15) is 76.8 Å². The second-order valence-electron chi connectivity index (χ2n) is 22.0. The van der Waals surface area contributed by atoms with Crippen molar-refractivity contribution in [3.8, 4) is 0 Å². The molecule has 0 aliphatic carbocycles. The molecule has 14 N–H and O–H groups in total. The van der Waals surface area contributed by atoms with Gasteiger partial charge in [0.1, 0.15) is 60.4 Å². The number of thioether (sulfide) groups is 3. The minimum absolute atomic E-state index is 0.0290. The third-order valence-electron chi connectivity index (χ3n) is 15.2. The third kappa shape index (κ3) is 22.1. The number of aromatic nitrogens is 1. The Balaban J connectivity index is 1.32. The highest BCUT2D eigenvalue weighted by Gasteiger charge is 2.41. The summed E-state index contributed by atoms with van der Waals surface area (Å²) < 4.78 is 0. The minimum Gasteiger partial charge on any atom is -0.480 e. The zero-order valence-electron chi connectivity index (χ0n) is 50.8. The Kier molecular flexibility index (Phi) is 30.4. The Morgan fingerprint density at radius 2 is 1.09 bits per heavy atom. The predicted octanol–water partition coefficient (Wildman–Crippen LogP) is -0.886. The molecule has 0 bridgehead atoms. The Bertz CT molecular complexity index is 2900. The number of para-hydroxylation sites is 1. The summed E-state index contributed by atoms with van der Waals surface area (Å²) in [5.41, 5.74) is 1.91. The van der Waals surface area contributed by atoms with Gasteiger partial charge in [-0.15, -0.1) is 0 Å². The largest absolute Gasteiger partial charge is 0.480 e. The van der Waals surface area contributed by atoms with Gasteiger partial charge in [-0.1, -0.05) is 48.5 Å². The molecular weight excluding hydrogens is 1230 g/mol. The van der Waals surface area contributed by atoms with E-state index in [1.807, 2.05) is 24.5 Å². The lowest BCUT2D eigenvalue weighted by molar-refractivity contribution is -0.144. The van der Waals surface area contributed by atoms with Crippen molar-refractivity contribution in [2.24, 2.45) is 0 Å². The lowest BCUT2D eigenvalue weighted by Crippen LogP contribution is -2.62. The van der Waals surface area contributed by atoms with E-state index in [2.05, 4.69) is 70.8 Å². The molecule has 0 spiro atoms. The van der Waals surface area contributed by atoms with Crippen LogP contribution < -0.4 is 53.2 Å². The molecule has 26 nitrogen and oxygen atoms in total. The van der Waals surface area contributed by atoms with Crippen LogP contribution in [0.3, 0.4) is 0 Å². The maximum absolute atomic E-state index is 14.6. The maximum Gasteiger partial charge on any atom is 0.326 e. The number of nitrogens with one attached hydrogen (secondary N) is 11. The van der Waals surface area contributed by atoms with E-state index in [4.69, 9.17) is 0 Å². The molecule has 2 aliphatic heterocycles. The van der Waals surface area contributed by atoms with Gasteiger partial charge < -0.3 is 78.4 Å². The smallest absolute Gasteiger partial charge is 0.326 e. The molecule has 3 aromatic rings. The second kappa shape index (κ2) is 36.9. The van der Waals surface area contributed by atoms with Crippen LogP contribution in [0.15, 0.2) is 60.8 Å². The number of fused-ring (bicyclic) bond motifs is 1. The van der Waals surface area contributed by atoms with Crippen LogP contribution >= 0.6 is 47.9 Å². The highest BCUT2D eigenvalue weighted by molar-refractivity contribution is 7.99. The van der Waals surface area contributed by atoms with Gasteiger partial charge in [-0.3, -0.25) is 47.9 Å². The first-order valence-electron chi connectivity index (χ1n) is 29.5. The van der Waals surface area contributed by atoms with Gasteiger partial charge in [0, 0.05) is 42.2 Å². The number of aromatic amines is 1. The lowest BCUT2D eigenvalue weighted by Gasteiger charge is -2.31. The van der Waals surface area contributed by atoms with Crippen molar-refractivity contribution in [3.05, 3.63) is 71.9 Å². The fraction of sp³-hybridized carbons (Fsp3) is 0.576. The molecule has 0 saturated carbocycles. The Labute approximate surface area is 536 Å². The van der Waals surface area contributed by atoms with Crippen molar-refractivity contribution < 1.29 is 68.1 Å². The van der Waals surface area contributed by atoms with E-state index >= 15 is 0 Å². The second-order valence-corrected chi connectivity index (χ2v) is 25.3. The normalized spacial score (nSPS) is 18.4. The summed E-state index contributed by atoms with van der Waals surface area (Å²) in [6, 6.07) is 1.83. The van der Waals surface area contributed by atoms with Crippen LogP contribution in [0.25, 0.3) is 10.9 Å². The number of benzene rings is 2. The number of thiol groups is 1. The van der Waals surface area contributed by atoms with Gasteiger partial charge in [0.25, 0.3) is 0 Å². The molecule has 2 aliphatic rings. The van der Waals surface area contributed by atoms with E-state index in [0.717, 1.165) is 17.3 Å². The standard InChI is InChI=1S/C59H86N12O14S4/c1-32(62-51(76)40(20-25-87-4)63-50(75)39-18-12-23-60-39)49(74)66-44(29-36-30-61-38-17-11-10-16-37(36)38)54(79)69-47(33(2)72)57(82)67-43(28-35-14-8-7-9-15-35)53(78)64-41(21-26-88-5)52(77)68-45(31-86)58(83)71-24-13-19-46(71)55(80)70-48(34(3)73)56(81)65-42(59(84)85)22-27-89-6/h7-11,14-17,30,32-34,39-48,60-61,72-73,86H,12-13,18-29,31H2,1-6H3,(H,62,76)(H,63,75)(H,64,78)(H,65,81)(H,66,74)(H,67,82)(H,68,77)(H,69,79)(H,70,80)(H,84,85)/t32-,33+,34+,39-,40-,41-,42-,43-,44-,45-,46-,47-,48-/m0/s1. The van der Waals surface area contributed by atoms with Crippen molar-refractivity contribution >= 4 is 124 Å². The van der Waals surface area contributed by atoms with Gasteiger partial charge in [-0.05, 0) is 125 Å². The first-order valence-corrected chi connectivity index (χ1v) is 34.4. The van der Waals surface area contributed by atoms with Crippen molar-refractivity contribution in [1.82, 2.24) is 63.1 Å². The molecule has 490 valence electrons. The number of aliphatic hydroxyl groups excluding tert-OH is 2. The van der Waals surface area contributed by atoms with Crippen LogP contribution in [0.4, 0.5) is 0 Å². The monoisotopic (exact) mass is 1310 g/mol. The van der Waals surface area contributed by atoms with Gasteiger partial charge in [0.05, 0.1) is 18.2 Å². The fourth-order valence-corrected chi connectivity index (χ4v) is 11.9. The number of carbonyl (C=O) groups is 11. The van der Waals surface area contributed by atoms with Gasteiger partial charge in [0.15, 0.2) is 0 Å². The molecular formula is C59H86N12O14S4. The van der Waals surface area contributed by atoms with Gasteiger partial charge in [-0.25, -0.2) is 4.79 Å². The van der Waals surface area contributed by atoms with Crippen LogP contribution in [-0.4, -0.2) is 224 Å². The highest BCUT2D eigenvalue weighted by Crippen LogP contribution is 2.22. The van der Waals surface area contributed by atoms with E-state index in [-0.39, 0.29) is 56.7 Å². The molecule has 10 amide bonds. The quantitative estimate of drug-likeness (QED) is 0.0314. The first-order chi connectivity index (χ1) is 42.5. The fourth-order valence-electron chi connectivity index (χ4n) is 10.2. The first kappa shape index (κ1) is 73.2. The van der Waals surface area contributed by atoms with Crippen LogP contribution in [0.2, 0.25) is 0 Å². The maximum atomic E-state index is 14.6. The number of nitrogens with zero attached hydrogens (tertiary/aromatic N) is 1. The number of carboxylic acids is 1. The molecule has 5 rings (SSSR count). The summed E-state index contributed by atoms with van der Waals surface area (Å²) in [6.07, 6.45) is 6.03. The summed E-state index contributed by atoms with van der Waals surface area (Å²) in [5.74, 6) is -8.06. The molecule has 2 aromatic carbocycles. The summed E-state index contributed by atoms with van der Waals surface area (Å²) >= 11 is 8.57. The lowest BCUT2D eigenvalue weighted by atomic mass is 10.0. The third-order valence-corrected chi connectivity index (χ3v) is 17.5. The zero-order chi connectivity index (χ0) is 65.3. The van der Waals surface area contributed by atoms with Gasteiger partial charge in [0.2, 0.25) is 59.1 Å². The number of aliphatic carboxylic acids is 1. The number of aliphatic hydroxyl groups is 2. The zero-order valence-corrected chi connectivity index (χ0v) is 54.2. The number of hydrogen-bond acceptors (Lipinski definition) is 18. The summed E-state index contributed by atoms with van der Waals surface area (Å²) in [4.78, 5) is 156. The highest BCUT2D eigenvalue weighted by atomic mass is 32.2. The number of amides is 10. The summed E-state index contributed by atoms with van der Waals surface area (Å²) in [7, 11) is 0.